The van der Waals surface area contributed by atoms with Gasteiger partial charge in [0.25, 0.3) is 0 Å². The first-order valence-corrected chi connectivity index (χ1v) is 10.7. The van der Waals surface area contributed by atoms with Gasteiger partial charge in [0.15, 0.2) is 0 Å². The first-order valence-electron chi connectivity index (χ1n) is 9.23. The van der Waals surface area contributed by atoms with E-state index in [0.29, 0.717) is 41.0 Å². The van der Waals surface area contributed by atoms with Crippen molar-refractivity contribution in [3.8, 4) is 17.0 Å². The summed E-state index contributed by atoms with van der Waals surface area (Å²) in [6, 6.07) is 13.1. The Bertz CT molecular complexity index is 1200. The average Bonchev–Trinajstić information content (AvgIpc) is 3.28. The maximum atomic E-state index is 12.9. The SMILES string of the molecule is COc1cccc(-c2cc(C(=O)O)c3cc(S(=O)(=O)N4CCCC4)ccc3n2)c1. The van der Waals surface area contributed by atoms with Crippen molar-refractivity contribution in [2.75, 3.05) is 20.2 Å². The van der Waals surface area contributed by atoms with E-state index in [1.807, 2.05) is 6.07 Å². The van der Waals surface area contributed by atoms with Crippen LogP contribution in [-0.4, -0.2) is 49.0 Å². The Morgan fingerprint density at radius 1 is 1.10 bits per heavy atom. The molecule has 2 aromatic carbocycles. The van der Waals surface area contributed by atoms with Gasteiger partial charge in [0.1, 0.15) is 5.75 Å². The minimum absolute atomic E-state index is 0.00583. The van der Waals surface area contributed by atoms with Crippen LogP contribution in [-0.2, 0) is 10.0 Å². The molecule has 1 saturated heterocycles. The number of methoxy groups -OCH3 is 1. The van der Waals surface area contributed by atoms with E-state index in [2.05, 4.69) is 4.98 Å². The predicted molar refractivity (Wildman–Crippen MR) is 109 cm³/mol. The third kappa shape index (κ3) is 3.56. The molecule has 1 fully saturated rings. The van der Waals surface area contributed by atoms with Crippen LogP contribution in [0.25, 0.3) is 22.2 Å². The van der Waals surface area contributed by atoms with Crippen molar-refractivity contribution in [3.63, 3.8) is 0 Å². The zero-order valence-corrected chi connectivity index (χ0v) is 16.6. The van der Waals surface area contributed by atoms with Crippen molar-refractivity contribution < 1.29 is 23.1 Å². The van der Waals surface area contributed by atoms with Crippen molar-refractivity contribution >= 4 is 26.9 Å². The largest absolute Gasteiger partial charge is 0.497 e. The van der Waals surface area contributed by atoms with Crippen LogP contribution in [0.2, 0.25) is 0 Å². The van der Waals surface area contributed by atoms with Gasteiger partial charge in [-0.15, -0.1) is 0 Å². The minimum atomic E-state index is -3.65. The summed E-state index contributed by atoms with van der Waals surface area (Å²) < 4.78 is 32.4. The smallest absolute Gasteiger partial charge is 0.336 e. The Morgan fingerprint density at radius 3 is 2.55 bits per heavy atom. The van der Waals surface area contributed by atoms with E-state index < -0.39 is 16.0 Å². The molecule has 8 heteroatoms. The molecule has 0 radical (unpaired) electrons. The lowest BCUT2D eigenvalue weighted by atomic mass is 10.0. The topological polar surface area (TPSA) is 96.8 Å². The number of aromatic nitrogens is 1. The van der Waals surface area contributed by atoms with Gasteiger partial charge in [0, 0.05) is 24.0 Å². The van der Waals surface area contributed by atoms with Crippen LogP contribution in [0.1, 0.15) is 23.2 Å². The molecule has 4 rings (SSSR count). The van der Waals surface area contributed by atoms with Crippen LogP contribution < -0.4 is 4.74 Å². The summed E-state index contributed by atoms with van der Waals surface area (Å²) in [4.78, 5) is 16.6. The summed E-state index contributed by atoms with van der Waals surface area (Å²) in [5.41, 5.74) is 1.61. The van der Waals surface area contributed by atoms with Crippen molar-refractivity contribution in [2.45, 2.75) is 17.7 Å². The molecule has 0 bridgehead atoms. The third-order valence-corrected chi connectivity index (χ3v) is 6.97. The number of carboxylic acids is 1. The number of ether oxygens (including phenoxy) is 1. The quantitative estimate of drug-likeness (QED) is 0.690. The van der Waals surface area contributed by atoms with Crippen LogP contribution in [0, 0.1) is 0 Å². The second kappa shape index (κ2) is 7.46. The molecule has 0 unspecified atom stereocenters. The highest BCUT2D eigenvalue weighted by molar-refractivity contribution is 7.89. The number of rotatable bonds is 5. The van der Waals surface area contributed by atoms with E-state index >= 15 is 0 Å². The van der Waals surface area contributed by atoms with Gasteiger partial charge in [-0.3, -0.25) is 0 Å². The molecule has 0 saturated carbocycles. The zero-order chi connectivity index (χ0) is 20.6. The van der Waals surface area contributed by atoms with E-state index in [-0.39, 0.29) is 10.5 Å². The molecule has 2 heterocycles. The molecule has 1 aliphatic heterocycles. The van der Waals surface area contributed by atoms with Crippen LogP contribution in [0.15, 0.2) is 53.4 Å². The molecular formula is C21H20N2O5S. The second-order valence-corrected chi connectivity index (χ2v) is 8.82. The summed E-state index contributed by atoms with van der Waals surface area (Å²) >= 11 is 0. The van der Waals surface area contributed by atoms with E-state index in [1.54, 1.807) is 31.4 Å². The van der Waals surface area contributed by atoms with Gasteiger partial charge in [0.05, 0.1) is 28.8 Å². The lowest BCUT2D eigenvalue weighted by Crippen LogP contribution is -2.27. The van der Waals surface area contributed by atoms with Gasteiger partial charge in [-0.25, -0.2) is 18.2 Å². The number of fused-ring (bicyclic) bond motifs is 1. The zero-order valence-electron chi connectivity index (χ0n) is 15.8. The molecule has 1 aromatic heterocycles. The van der Waals surface area contributed by atoms with Crippen LogP contribution in [0.5, 0.6) is 5.75 Å². The molecule has 1 N–H and O–H groups in total. The van der Waals surface area contributed by atoms with Gasteiger partial charge in [-0.1, -0.05) is 12.1 Å². The Hall–Kier alpha value is -2.97. The standard InChI is InChI=1S/C21H20N2O5S/c1-28-15-6-4-5-14(11-15)20-13-18(21(24)25)17-12-16(7-8-19(17)22-20)29(26,27)23-9-2-3-10-23/h4-8,11-13H,2-3,9-10H2,1H3,(H,24,25). The number of hydrogen-bond acceptors (Lipinski definition) is 5. The van der Waals surface area contributed by atoms with Gasteiger partial charge < -0.3 is 9.84 Å². The number of carboxylic acid groups (broad SMARTS) is 1. The van der Waals surface area contributed by atoms with Gasteiger partial charge in [0.2, 0.25) is 10.0 Å². The number of carbonyl (C=O) groups is 1. The molecule has 150 valence electrons. The van der Waals surface area contributed by atoms with Crippen molar-refractivity contribution in [2.24, 2.45) is 0 Å². The Labute approximate surface area is 168 Å². The summed E-state index contributed by atoms with van der Waals surface area (Å²) in [6.07, 6.45) is 1.66. The van der Waals surface area contributed by atoms with Crippen LogP contribution >= 0.6 is 0 Å². The second-order valence-electron chi connectivity index (χ2n) is 6.88. The summed E-state index contributed by atoms with van der Waals surface area (Å²) in [7, 11) is -2.09. The molecule has 0 amide bonds. The maximum Gasteiger partial charge on any atom is 0.336 e. The number of nitrogens with zero attached hydrogens (tertiary/aromatic N) is 2. The first kappa shape index (κ1) is 19.4. The van der Waals surface area contributed by atoms with E-state index in [1.165, 1.54) is 22.5 Å². The fraction of sp³-hybridized carbons (Fsp3) is 0.238. The normalized spacial score (nSPS) is 14.9. The number of aromatic carboxylic acids is 1. The van der Waals surface area contributed by atoms with Gasteiger partial charge >= 0.3 is 5.97 Å². The molecule has 0 aliphatic carbocycles. The van der Waals surface area contributed by atoms with Gasteiger partial charge in [-0.05, 0) is 49.2 Å². The van der Waals surface area contributed by atoms with Crippen molar-refractivity contribution in [3.05, 3.63) is 54.1 Å². The lowest BCUT2D eigenvalue weighted by molar-refractivity contribution is 0.0699. The Balaban J connectivity index is 1.87. The first-order chi connectivity index (χ1) is 13.9. The number of pyridine rings is 1. The van der Waals surface area contributed by atoms with Crippen molar-refractivity contribution in [1.82, 2.24) is 9.29 Å². The van der Waals surface area contributed by atoms with Crippen molar-refractivity contribution in [1.29, 1.82) is 0 Å². The molecule has 0 atom stereocenters. The number of sulfonamides is 1. The fourth-order valence-electron chi connectivity index (χ4n) is 3.55. The van der Waals surface area contributed by atoms with Crippen LogP contribution in [0.4, 0.5) is 0 Å². The highest BCUT2D eigenvalue weighted by Gasteiger charge is 2.28. The monoisotopic (exact) mass is 412 g/mol. The fourth-order valence-corrected chi connectivity index (χ4v) is 5.09. The van der Waals surface area contributed by atoms with E-state index in [9.17, 15) is 18.3 Å². The third-order valence-electron chi connectivity index (χ3n) is 5.08. The average molecular weight is 412 g/mol. The van der Waals surface area contributed by atoms with E-state index in [4.69, 9.17) is 4.74 Å². The lowest BCUT2D eigenvalue weighted by Gasteiger charge is -2.16. The number of benzene rings is 2. The van der Waals surface area contributed by atoms with E-state index in [0.717, 1.165) is 12.8 Å². The maximum absolute atomic E-state index is 12.9. The molecular weight excluding hydrogens is 392 g/mol. The molecule has 1 aliphatic rings. The highest BCUT2D eigenvalue weighted by Crippen LogP contribution is 2.30. The highest BCUT2D eigenvalue weighted by atomic mass is 32.2. The summed E-state index contributed by atoms with van der Waals surface area (Å²) in [5, 5.41) is 10.0. The molecule has 7 nitrogen and oxygen atoms in total. The van der Waals surface area contributed by atoms with Crippen LogP contribution in [0.3, 0.4) is 0 Å². The molecule has 29 heavy (non-hydrogen) atoms. The Morgan fingerprint density at radius 2 is 1.86 bits per heavy atom. The Kier molecular flexibility index (Phi) is 4.97. The predicted octanol–water partition coefficient (Wildman–Crippen LogP) is 3.39. The molecule has 0 spiro atoms. The summed E-state index contributed by atoms with van der Waals surface area (Å²) in [6.45, 7) is 0.971. The minimum Gasteiger partial charge on any atom is -0.497 e. The molecule has 3 aromatic rings. The van der Waals surface area contributed by atoms with Gasteiger partial charge in [-0.2, -0.15) is 4.31 Å². The number of hydrogen-bond donors (Lipinski definition) is 1. The summed E-state index contributed by atoms with van der Waals surface area (Å²) in [5.74, 6) is -0.509.